The molecule has 0 aliphatic carbocycles. The smallest absolute Gasteiger partial charge is 0.105 e. The van der Waals surface area contributed by atoms with E-state index in [1.165, 1.54) is 19.3 Å². The Hall–Kier alpha value is -0.120. The van der Waals surface area contributed by atoms with Crippen LogP contribution in [0.3, 0.4) is 0 Å². The van der Waals surface area contributed by atoms with Crippen LogP contribution in [-0.2, 0) is 4.74 Å². The van der Waals surface area contributed by atoms with Crippen LogP contribution in [0.1, 0.15) is 39.5 Å². The number of unbranched alkanes of at least 4 members (excludes halogenated alkanes) is 2. The van der Waals surface area contributed by atoms with E-state index in [1.807, 2.05) is 6.92 Å². The number of hydrogen-bond acceptors (Lipinski definition) is 3. The molecule has 0 amide bonds. The highest BCUT2D eigenvalue weighted by molar-refractivity contribution is 4.91. The predicted molar refractivity (Wildman–Crippen MR) is 57.4 cm³/mol. The maximum absolute atomic E-state index is 10.1. The van der Waals surface area contributed by atoms with E-state index in [2.05, 4.69) is 12.2 Å². The maximum Gasteiger partial charge on any atom is 0.105 e. The minimum absolute atomic E-state index is 0.0267. The summed E-state index contributed by atoms with van der Waals surface area (Å²) in [6.45, 7) is 6.50. The third-order valence-electron chi connectivity index (χ3n) is 3.05. The molecular weight excluding hydrogens is 178 g/mol. The normalized spacial score (nSPS) is 32.4. The van der Waals surface area contributed by atoms with Crippen LogP contribution >= 0.6 is 0 Å². The molecule has 14 heavy (non-hydrogen) atoms. The van der Waals surface area contributed by atoms with Gasteiger partial charge in [0.05, 0.1) is 6.10 Å². The highest BCUT2D eigenvalue weighted by Crippen LogP contribution is 2.24. The Labute approximate surface area is 86.8 Å². The lowest BCUT2D eigenvalue weighted by molar-refractivity contribution is -0.0260. The molecule has 1 heterocycles. The summed E-state index contributed by atoms with van der Waals surface area (Å²) in [6, 6.07) is 0. The van der Waals surface area contributed by atoms with Crippen molar-refractivity contribution in [3.63, 3.8) is 0 Å². The fraction of sp³-hybridized carbons (Fsp3) is 1.00. The fourth-order valence-corrected chi connectivity index (χ4v) is 1.81. The second-order valence-corrected chi connectivity index (χ2v) is 4.25. The minimum Gasteiger partial charge on any atom is -0.386 e. The van der Waals surface area contributed by atoms with Crippen LogP contribution in [0.5, 0.6) is 0 Å². The van der Waals surface area contributed by atoms with Crippen LogP contribution in [0.15, 0.2) is 0 Å². The summed E-state index contributed by atoms with van der Waals surface area (Å²) < 4.78 is 5.36. The number of hydrogen-bond donors (Lipinski definition) is 2. The SMILES string of the molecule is CCCCCNCC1(O)CCOC1C. The average molecular weight is 201 g/mol. The van der Waals surface area contributed by atoms with Gasteiger partial charge in [-0.25, -0.2) is 0 Å². The summed E-state index contributed by atoms with van der Waals surface area (Å²) in [5.74, 6) is 0. The molecule has 1 saturated heterocycles. The number of aliphatic hydroxyl groups is 1. The molecule has 0 aromatic rings. The zero-order valence-electron chi connectivity index (χ0n) is 9.38. The molecule has 0 aromatic carbocycles. The monoisotopic (exact) mass is 201 g/mol. The molecule has 0 bridgehead atoms. The van der Waals surface area contributed by atoms with Crippen molar-refractivity contribution in [2.24, 2.45) is 0 Å². The van der Waals surface area contributed by atoms with Gasteiger partial charge in [-0.1, -0.05) is 19.8 Å². The Morgan fingerprint density at radius 3 is 2.86 bits per heavy atom. The maximum atomic E-state index is 10.1. The van der Waals surface area contributed by atoms with Gasteiger partial charge in [-0.05, 0) is 19.9 Å². The molecule has 2 N–H and O–H groups in total. The first-order chi connectivity index (χ1) is 6.69. The van der Waals surface area contributed by atoms with E-state index in [4.69, 9.17) is 4.74 Å². The molecule has 1 aliphatic heterocycles. The van der Waals surface area contributed by atoms with E-state index < -0.39 is 5.60 Å². The van der Waals surface area contributed by atoms with Crippen LogP contribution in [0.4, 0.5) is 0 Å². The Balaban J connectivity index is 2.10. The van der Waals surface area contributed by atoms with Crippen LogP contribution in [0.2, 0.25) is 0 Å². The Morgan fingerprint density at radius 2 is 2.29 bits per heavy atom. The van der Waals surface area contributed by atoms with Crippen molar-refractivity contribution in [1.29, 1.82) is 0 Å². The van der Waals surface area contributed by atoms with E-state index in [0.29, 0.717) is 13.2 Å². The molecule has 1 aliphatic rings. The Morgan fingerprint density at radius 1 is 1.50 bits per heavy atom. The third kappa shape index (κ3) is 3.23. The summed E-state index contributed by atoms with van der Waals surface area (Å²) in [5.41, 5.74) is -0.633. The predicted octanol–water partition coefficient (Wildman–Crippen LogP) is 1.31. The van der Waals surface area contributed by atoms with Gasteiger partial charge < -0.3 is 15.2 Å². The van der Waals surface area contributed by atoms with E-state index in [9.17, 15) is 5.11 Å². The molecule has 0 radical (unpaired) electrons. The summed E-state index contributed by atoms with van der Waals surface area (Å²) in [6.07, 6.45) is 4.43. The molecule has 0 saturated carbocycles. The van der Waals surface area contributed by atoms with Gasteiger partial charge in [0.2, 0.25) is 0 Å². The van der Waals surface area contributed by atoms with Crippen molar-refractivity contribution in [2.45, 2.75) is 51.2 Å². The molecule has 0 aromatic heterocycles. The van der Waals surface area contributed by atoms with Gasteiger partial charge in [-0.3, -0.25) is 0 Å². The fourth-order valence-electron chi connectivity index (χ4n) is 1.81. The highest BCUT2D eigenvalue weighted by atomic mass is 16.5. The van der Waals surface area contributed by atoms with Gasteiger partial charge >= 0.3 is 0 Å². The van der Waals surface area contributed by atoms with Gasteiger partial charge in [0, 0.05) is 19.6 Å². The standard InChI is InChI=1S/C11H23NO2/c1-3-4-5-7-12-9-11(13)6-8-14-10(11)2/h10,12-13H,3-9H2,1-2H3. The second kappa shape index (κ2) is 5.69. The first-order valence-corrected chi connectivity index (χ1v) is 5.74. The van der Waals surface area contributed by atoms with Crippen molar-refractivity contribution in [3.8, 4) is 0 Å². The molecule has 0 spiro atoms. The zero-order chi connectivity index (χ0) is 10.4. The second-order valence-electron chi connectivity index (χ2n) is 4.25. The van der Waals surface area contributed by atoms with E-state index >= 15 is 0 Å². The van der Waals surface area contributed by atoms with Crippen molar-refractivity contribution in [1.82, 2.24) is 5.32 Å². The van der Waals surface area contributed by atoms with Crippen LogP contribution < -0.4 is 5.32 Å². The van der Waals surface area contributed by atoms with Crippen molar-refractivity contribution in [3.05, 3.63) is 0 Å². The summed E-state index contributed by atoms with van der Waals surface area (Å²) in [7, 11) is 0. The van der Waals surface area contributed by atoms with Gasteiger partial charge in [-0.2, -0.15) is 0 Å². The van der Waals surface area contributed by atoms with E-state index in [-0.39, 0.29) is 6.10 Å². The van der Waals surface area contributed by atoms with Gasteiger partial charge in [0.15, 0.2) is 0 Å². The van der Waals surface area contributed by atoms with Crippen LogP contribution in [0.25, 0.3) is 0 Å². The molecule has 1 fully saturated rings. The van der Waals surface area contributed by atoms with E-state index in [1.54, 1.807) is 0 Å². The van der Waals surface area contributed by atoms with Gasteiger partial charge in [-0.15, -0.1) is 0 Å². The highest BCUT2D eigenvalue weighted by Gasteiger charge is 2.38. The quantitative estimate of drug-likeness (QED) is 0.637. The van der Waals surface area contributed by atoms with Crippen molar-refractivity contribution < 1.29 is 9.84 Å². The summed E-state index contributed by atoms with van der Waals surface area (Å²) >= 11 is 0. The average Bonchev–Trinajstić information content (AvgIpc) is 2.47. The molecule has 1 rings (SSSR count). The number of ether oxygens (including phenoxy) is 1. The minimum atomic E-state index is -0.633. The lowest BCUT2D eigenvalue weighted by atomic mass is 9.97. The number of nitrogens with one attached hydrogen (secondary N) is 1. The number of rotatable bonds is 6. The lowest BCUT2D eigenvalue weighted by Crippen LogP contribution is -2.46. The first kappa shape index (κ1) is 12.0. The van der Waals surface area contributed by atoms with Crippen molar-refractivity contribution >= 4 is 0 Å². The van der Waals surface area contributed by atoms with Crippen molar-refractivity contribution in [2.75, 3.05) is 19.7 Å². The molecule has 3 nitrogen and oxygen atoms in total. The largest absolute Gasteiger partial charge is 0.386 e. The molecule has 2 atom stereocenters. The molecular formula is C11H23NO2. The Kier molecular flexibility index (Phi) is 4.85. The zero-order valence-corrected chi connectivity index (χ0v) is 9.38. The van der Waals surface area contributed by atoms with Crippen LogP contribution in [-0.4, -0.2) is 36.5 Å². The molecule has 84 valence electrons. The first-order valence-electron chi connectivity index (χ1n) is 5.74. The Bertz CT molecular complexity index is 163. The lowest BCUT2D eigenvalue weighted by Gasteiger charge is -2.26. The summed E-state index contributed by atoms with van der Waals surface area (Å²) in [4.78, 5) is 0. The third-order valence-corrected chi connectivity index (χ3v) is 3.05. The summed E-state index contributed by atoms with van der Waals surface area (Å²) in [5, 5.41) is 13.4. The van der Waals surface area contributed by atoms with Gasteiger partial charge in [0.25, 0.3) is 0 Å². The van der Waals surface area contributed by atoms with Crippen LogP contribution in [0, 0.1) is 0 Å². The topological polar surface area (TPSA) is 41.5 Å². The van der Waals surface area contributed by atoms with E-state index in [0.717, 1.165) is 13.0 Å². The van der Waals surface area contributed by atoms with Gasteiger partial charge in [0.1, 0.15) is 5.60 Å². The molecule has 3 heteroatoms. The molecule has 2 unspecified atom stereocenters.